The number of hydrogen-bond donors (Lipinski definition) is 2. The van der Waals surface area contributed by atoms with Crippen LogP contribution in [0.2, 0.25) is 0 Å². The number of benzene rings is 1. The van der Waals surface area contributed by atoms with Crippen LogP contribution in [0.1, 0.15) is 11.3 Å². The zero-order valence-electron chi connectivity index (χ0n) is 10.7. The van der Waals surface area contributed by atoms with E-state index in [9.17, 15) is 0 Å². The van der Waals surface area contributed by atoms with Crippen molar-refractivity contribution < 1.29 is 0 Å². The van der Waals surface area contributed by atoms with Crippen LogP contribution in [-0.2, 0) is 7.05 Å². The number of thiocarbonyl (C=S) groups is 1. The first-order chi connectivity index (χ1) is 8.54. The quantitative estimate of drug-likeness (QED) is 0.815. The molecule has 0 amide bonds. The molecule has 2 N–H and O–H groups in total. The molecular weight excluding hydrogens is 244 g/mol. The average molecular weight is 260 g/mol. The fraction of sp³-hybridized carbons (Fsp3) is 0.231. The Labute approximate surface area is 112 Å². The van der Waals surface area contributed by atoms with Gasteiger partial charge in [-0.25, -0.2) is 0 Å². The van der Waals surface area contributed by atoms with E-state index >= 15 is 0 Å². The predicted molar refractivity (Wildman–Crippen MR) is 79.0 cm³/mol. The van der Waals surface area contributed by atoms with Gasteiger partial charge in [-0.2, -0.15) is 5.10 Å². The Balaban J connectivity index is 2.03. The summed E-state index contributed by atoms with van der Waals surface area (Å²) in [5.41, 5.74) is 4.02. The molecule has 0 aliphatic rings. The summed E-state index contributed by atoms with van der Waals surface area (Å²) < 4.78 is 1.76. The second-order valence-electron chi connectivity index (χ2n) is 4.25. The van der Waals surface area contributed by atoms with Crippen LogP contribution in [0.3, 0.4) is 0 Å². The molecule has 2 rings (SSSR count). The molecule has 0 saturated heterocycles. The van der Waals surface area contributed by atoms with Gasteiger partial charge in [0, 0.05) is 18.9 Å². The van der Waals surface area contributed by atoms with Gasteiger partial charge in [0.15, 0.2) is 5.11 Å². The van der Waals surface area contributed by atoms with Gasteiger partial charge >= 0.3 is 0 Å². The summed E-state index contributed by atoms with van der Waals surface area (Å²) in [7, 11) is 1.88. The molecule has 0 fully saturated rings. The maximum Gasteiger partial charge on any atom is 0.175 e. The molecule has 2 aromatic rings. The van der Waals surface area contributed by atoms with E-state index in [0.29, 0.717) is 5.11 Å². The first-order valence-corrected chi connectivity index (χ1v) is 6.10. The van der Waals surface area contributed by atoms with Crippen LogP contribution in [-0.4, -0.2) is 14.9 Å². The van der Waals surface area contributed by atoms with Gasteiger partial charge in [-0.3, -0.25) is 4.68 Å². The number of anilines is 2. The van der Waals surface area contributed by atoms with Gasteiger partial charge in [0.05, 0.1) is 11.4 Å². The van der Waals surface area contributed by atoms with Crippen molar-refractivity contribution in [2.75, 3.05) is 10.6 Å². The molecule has 1 aromatic heterocycles. The van der Waals surface area contributed by atoms with E-state index in [1.165, 1.54) is 5.56 Å². The van der Waals surface area contributed by atoms with Gasteiger partial charge < -0.3 is 10.6 Å². The molecule has 0 bridgehead atoms. The molecule has 0 aliphatic heterocycles. The Morgan fingerprint density at radius 3 is 2.67 bits per heavy atom. The van der Waals surface area contributed by atoms with E-state index in [2.05, 4.69) is 15.7 Å². The minimum Gasteiger partial charge on any atom is -0.332 e. The predicted octanol–water partition coefficient (Wildman–Crippen LogP) is 2.85. The van der Waals surface area contributed by atoms with Gasteiger partial charge in [0.25, 0.3) is 0 Å². The highest BCUT2D eigenvalue weighted by Gasteiger charge is 2.05. The van der Waals surface area contributed by atoms with Crippen LogP contribution < -0.4 is 10.6 Å². The van der Waals surface area contributed by atoms with Crippen LogP contribution in [0.5, 0.6) is 0 Å². The standard InChI is InChI=1S/C13H16N4S/c1-9-5-4-6-11(7-9)14-13(18)15-12-8-17(3)16-10(12)2/h4-8H,1-3H3,(H2,14,15,18). The Morgan fingerprint density at radius 1 is 1.28 bits per heavy atom. The highest BCUT2D eigenvalue weighted by Crippen LogP contribution is 2.13. The zero-order chi connectivity index (χ0) is 13.1. The normalized spacial score (nSPS) is 10.2. The van der Waals surface area contributed by atoms with Gasteiger partial charge in [0.2, 0.25) is 0 Å². The highest BCUT2D eigenvalue weighted by atomic mass is 32.1. The highest BCUT2D eigenvalue weighted by molar-refractivity contribution is 7.80. The fourth-order valence-corrected chi connectivity index (χ4v) is 1.96. The van der Waals surface area contributed by atoms with Gasteiger partial charge in [0.1, 0.15) is 0 Å². The van der Waals surface area contributed by atoms with E-state index < -0.39 is 0 Å². The summed E-state index contributed by atoms with van der Waals surface area (Å²) in [5, 5.41) is 11.1. The topological polar surface area (TPSA) is 41.9 Å². The summed E-state index contributed by atoms with van der Waals surface area (Å²) >= 11 is 5.27. The summed E-state index contributed by atoms with van der Waals surface area (Å²) in [6.07, 6.45) is 1.90. The number of hydrogen-bond acceptors (Lipinski definition) is 2. The Kier molecular flexibility index (Phi) is 3.62. The lowest BCUT2D eigenvalue weighted by Gasteiger charge is -2.10. The largest absolute Gasteiger partial charge is 0.332 e. The molecular formula is C13H16N4S. The van der Waals surface area contributed by atoms with E-state index in [4.69, 9.17) is 12.2 Å². The molecule has 1 heterocycles. The number of aryl methyl sites for hydroxylation is 3. The second kappa shape index (κ2) is 5.18. The fourth-order valence-electron chi connectivity index (χ4n) is 1.73. The molecule has 0 aliphatic carbocycles. The first-order valence-electron chi connectivity index (χ1n) is 5.69. The Bertz CT molecular complexity index is 574. The van der Waals surface area contributed by atoms with E-state index in [0.717, 1.165) is 17.1 Å². The van der Waals surface area contributed by atoms with Crippen molar-refractivity contribution in [2.45, 2.75) is 13.8 Å². The number of rotatable bonds is 2. The lowest BCUT2D eigenvalue weighted by molar-refractivity contribution is 0.756. The maximum absolute atomic E-state index is 5.27. The van der Waals surface area contributed by atoms with E-state index in [1.54, 1.807) is 4.68 Å². The smallest absolute Gasteiger partial charge is 0.175 e. The van der Waals surface area contributed by atoms with Gasteiger partial charge in [-0.1, -0.05) is 12.1 Å². The molecule has 18 heavy (non-hydrogen) atoms. The van der Waals surface area contributed by atoms with Crippen molar-refractivity contribution in [2.24, 2.45) is 7.05 Å². The Hall–Kier alpha value is -1.88. The third-order valence-corrected chi connectivity index (χ3v) is 2.74. The summed E-state index contributed by atoms with van der Waals surface area (Å²) in [6, 6.07) is 8.07. The zero-order valence-corrected chi connectivity index (χ0v) is 11.5. The second-order valence-corrected chi connectivity index (χ2v) is 4.66. The summed E-state index contributed by atoms with van der Waals surface area (Å²) in [5.74, 6) is 0. The average Bonchev–Trinajstić information content (AvgIpc) is 2.57. The van der Waals surface area contributed by atoms with E-state index in [-0.39, 0.29) is 0 Å². The van der Waals surface area contributed by atoms with Crippen molar-refractivity contribution in [1.82, 2.24) is 9.78 Å². The SMILES string of the molecule is Cc1cccc(NC(=S)Nc2cn(C)nc2C)c1. The van der Waals surface area contributed by atoms with Gasteiger partial charge in [-0.15, -0.1) is 0 Å². The molecule has 0 spiro atoms. The minimum atomic E-state index is 0.566. The lowest BCUT2D eigenvalue weighted by Crippen LogP contribution is -2.19. The number of aromatic nitrogens is 2. The van der Waals surface area contributed by atoms with Crippen molar-refractivity contribution >= 4 is 28.7 Å². The molecule has 0 saturated carbocycles. The maximum atomic E-state index is 5.27. The monoisotopic (exact) mass is 260 g/mol. The Morgan fingerprint density at radius 2 is 2.06 bits per heavy atom. The van der Waals surface area contributed by atoms with Crippen LogP contribution in [0, 0.1) is 13.8 Å². The molecule has 0 atom stereocenters. The van der Waals surface area contributed by atoms with Crippen molar-refractivity contribution in [1.29, 1.82) is 0 Å². The molecule has 0 radical (unpaired) electrons. The lowest BCUT2D eigenvalue weighted by atomic mass is 10.2. The third kappa shape index (κ3) is 3.07. The first kappa shape index (κ1) is 12.6. The molecule has 0 unspecified atom stereocenters. The minimum absolute atomic E-state index is 0.566. The number of nitrogens with zero attached hydrogens (tertiary/aromatic N) is 2. The third-order valence-electron chi connectivity index (χ3n) is 2.54. The van der Waals surface area contributed by atoms with Crippen molar-refractivity contribution in [3.8, 4) is 0 Å². The van der Waals surface area contributed by atoms with Crippen LogP contribution >= 0.6 is 12.2 Å². The summed E-state index contributed by atoms with van der Waals surface area (Å²) in [4.78, 5) is 0. The van der Waals surface area contributed by atoms with Gasteiger partial charge in [-0.05, 0) is 43.8 Å². The molecule has 4 nitrogen and oxygen atoms in total. The van der Waals surface area contributed by atoms with Crippen LogP contribution in [0.25, 0.3) is 0 Å². The van der Waals surface area contributed by atoms with Crippen molar-refractivity contribution in [3.63, 3.8) is 0 Å². The van der Waals surface area contributed by atoms with Crippen LogP contribution in [0.4, 0.5) is 11.4 Å². The number of nitrogens with one attached hydrogen (secondary N) is 2. The van der Waals surface area contributed by atoms with Crippen molar-refractivity contribution in [3.05, 3.63) is 41.7 Å². The molecule has 94 valence electrons. The molecule has 1 aromatic carbocycles. The summed E-state index contributed by atoms with van der Waals surface area (Å²) in [6.45, 7) is 3.99. The van der Waals surface area contributed by atoms with E-state index in [1.807, 2.05) is 51.4 Å². The molecule has 5 heteroatoms. The van der Waals surface area contributed by atoms with Crippen LogP contribution in [0.15, 0.2) is 30.5 Å².